The number of nitrogens with one attached hydrogen (secondary N) is 2. The molecular weight excluding hydrogens is 416 g/mol. The van der Waals surface area contributed by atoms with Gasteiger partial charge < -0.3 is 34.3 Å². The topological polar surface area (TPSA) is 156 Å². The van der Waals surface area contributed by atoms with Crippen LogP contribution in [0.3, 0.4) is 0 Å². The summed E-state index contributed by atoms with van der Waals surface area (Å²) in [5, 5.41) is 4.85. The van der Waals surface area contributed by atoms with Gasteiger partial charge in [0.1, 0.15) is 32.5 Å². The summed E-state index contributed by atoms with van der Waals surface area (Å²) in [5.74, 6) is -1.92. The van der Waals surface area contributed by atoms with E-state index < -0.39 is 36.1 Å². The summed E-state index contributed by atoms with van der Waals surface area (Å²) in [6, 6.07) is -0.945. The molecule has 0 unspecified atom stereocenters. The molecule has 1 atom stereocenters. The van der Waals surface area contributed by atoms with Crippen molar-refractivity contribution < 1.29 is 47.7 Å². The fraction of sp³-hybridized carbons (Fsp3) is 0.526. The first-order valence-electron chi connectivity index (χ1n) is 9.34. The summed E-state index contributed by atoms with van der Waals surface area (Å²) < 4.78 is 23.5. The summed E-state index contributed by atoms with van der Waals surface area (Å²) in [4.78, 5) is 56.7. The van der Waals surface area contributed by atoms with Crippen LogP contribution >= 0.6 is 0 Å². The van der Waals surface area contributed by atoms with Gasteiger partial charge in [0.2, 0.25) is 0 Å². The number of amides is 2. The molecule has 31 heavy (non-hydrogen) atoms. The van der Waals surface area contributed by atoms with Crippen molar-refractivity contribution >= 4 is 30.1 Å². The highest BCUT2D eigenvalue weighted by molar-refractivity contribution is 5.82. The van der Waals surface area contributed by atoms with Crippen LogP contribution in [-0.2, 0) is 38.1 Å². The normalized spacial score (nSPS) is 10.6. The number of unbranched alkanes of at least 4 members (excludes halogenated alkanes) is 1. The number of hydrogen-bond donors (Lipinski definition) is 2. The molecule has 0 spiro atoms. The average Bonchev–Trinajstić information content (AvgIpc) is 2.77. The van der Waals surface area contributed by atoms with E-state index in [1.165, 1.54) is 7.11 Å². The zero-order chi connectivity index (χ0) is 23.5. The van der Waals surface area contributed by atoms with Gasteiger partial charge >= 0.3 is 30.1 Å². The van der Waals surface area contributed by atoms with Crippen molar-refractivity contribution in [3.63, 3.8) is 0 Å². The predicted octanol–water partition coefficient (Wildman–Crippen LogP) is 0.609. The molecule has 0 bridgehead atoms. The summed E-state index contributed by atoms with van der Waals surface area (Å²) in [6.07, 6.45) is 1.61. The fourth-order valence-electron chi connectivity index (χ4n) is 1.96. The number of methoxy groups -OCH3 is 1. The molecule has 12 nitrogen and oxygen atoms in total. The van der Waals surface area contributed by atoms with E-state index in [4.69, 9.17) is 9.47 Å². The first-order valence-corrected chi connectivity index (χ1v) is 9.34. The number of ether oxygens (including phenoxy) is 5. The van der Waals surface area contributed by atoms with Crippen molar-refractivity contribution in [2.45, 2.75) is 25.3 Å². The van der Waals surface area contributed by atoms with Crippen molar-refractivity contribution in [1.82, 2.24) is 10.6 Å². The number of rotatable bonds is 15. The van der Waals surface area contributed by atoms with Gasteiger partial charge in [-0.05, 0) is 19.3 Å². The molecule has 0 aliphatic rings. The molecule has 0 aliphatic carbocycles. The first kappa shape index (κ1) is 27.4. The van der Waals surface area contributed by atoms with E-state index in [0.29, 0.717) is 12.8 Å². The molecule has 0 aromatic carbocycles. The summed E-state index contributed by atoms with van der Waals surface area (Å²) in [5.41, 5.74) is 0. The Labute approximate surface area is 179 Å². The maximum Gasteiger partial charge on any atom is 0.407 e. The van der Waals surface area contributed by atoms with Gasteiger partial charge in [-0.2, -0.15) is 0 Å². The van der Waals surface area contributed by atoms with Gasteiger partial charge in [-0.15, -0.1) is 0 Å². The number of esters is 3. The van der Waals surface area contributed by atoms with Crippen LogP contribution in [0.5, 0.6) is 0 Å². The average molecular weight is 444 g/mol. The Morgan fingerprint density at radius 2 is 1.32 bits per heavy atom. The molecule has 0 saturated heterocycles. The number of carbonyl (C=O) groups excluding carboxylic acids is 5. The third-order valence-electron chi connectivity index (χ3n) is 3.42. The van der Waals surface area contributed by atoms with Gasteiger partial charge in [-0.3, -0.25) is 0 Å². The SMILES string of the molecule is C=CC(=O)OCCOC(=O)NCCCC[C@H](NC(=O)OCCOC(=O)C=C)C(=O)OC. The Kier molecular flexibility index (Phi) is 15.3. The lowest BCUT2D eigenvalue weighted by atomic mass is 10.1. The maximum absolute atomic E-state index is 11.8. The molecule has 0 heterocycles. The second-order valence-electron chi connectivity index (χ2n) is 5.66. The second kappa shape index (κ2) is 17.3. The highest BCUT2D eigenvalue weighted by atomic mass is 16.6. The first-order chi connectivity index (χ1) is 14.8. The highest BCUT2D eigenvalue weighted by Gasteiger charge is 2.21. The van der Waals surface area contributed by atoms with Crippen LogP contribution in [0, 0.1) is 0 Å². The fourth-order valence-corrected chi connectivity index (χ4v) is 1.96. The zero-order valence-corrected chi connectivity index (χ0v) is 17.4. The summed E-state index contributed by atoms with van der Waals surface area (Å²) >= 11 is 0. The summed E-state index contributed by atoms with van der Waals surface area (Å²) in [6.45, 7) is 6.18. The van der Waals surface area contributed by atoms with Crippen molar-refractivity contribution in [3.05, 3.63) is 25.3 Å². The van der Waals surface area contributed by atoms with Crippen LogP contribution in [0.25, 0.3) is 0 Å². The Hall–Kier alpha value is -3.57. The van der Waals surface area contributed by atoms with E-state index in [9.17, 15) is 24.0 Å². The molecule has 0 aliphatic heterocycles. The molecular formula is C19H28N2O10. The van der Waals surface area contributed by atoms with Gasteiger partial charge in [0.05, 0.1) is 7.11 Å². The molecule has 12 heteroatoms. The second-order valence-corrected chi connectivity index (χ2v) is 5.66. The number of carbonyl (C=O) groups is 5. The Morgan fingerprint density at radius 3 is 1.84 bits per heavy atom. The van der Waals surface area contributed by atoms with Crippen molar-refractivity contribution in [1.29, 1.82) is 0 Å². The third-order valence-corrected chi connectivity index (χ3v) is 3.42. The minimum Gasteiger partial charge on any atom is -0.467 e. The molecule has 2 N–H and O–H groups in total. The molecule has 0 saturated carbocycles. The quantitative estimate of drug-likeness (QED) is 0.159. The van der Waals surface area contributed by atoms with E-state index in [1.807, 2.05) is 0 Å². The van der Waals surface area contributed by atoms with Crippen molar-refractivity contribution in [3.8, 4) is 0 Å². The summed E-state index contributed by atoms with van der Waals surface area (Å²) in [7, 11) is 1.18. The largest absolute Gasteiger partial charge is 0.467 e. The molecule has 0 rings (SSSR count). The van der Waals surface area contributed by atoms with Crippen LogP contribution in [0.1, 0.15) is 19.3 Å². The van der Waals surface area contributed by atoms with Crippen LogP contribution in [0.2, 0.25) is 0 Å². The molecule has 0 aromatic heterocycles. The van der Waals surface area contributed by atoms with Gasteiger partial charge in [-0.1, -0.05) is 13.2 Å². The number of hydrogen-bond acceptors (Lipinski definition) is 10. The van der Waals surface area contributed by atoms with E-state index in [1.54, 1.807) is 0 Å². The van der Waals surface area contributed by atoms with E-state index in [2.05, 4.69) is 38.0 Å². The molecule has 0 fully saturated rings. The monoisotopic (exact) mass is 444 g/mol. The maximum atomic E-state index is 11.8. The van der Waals surface area contributed by atoms with E-state index in [-0.39, 0.29) is 39.4 Å². The minimum atomic E-state index is -0.945. The van der Waals surface area contributed by atoms with Crippen molar-refractivity contribution in [2.75, 3.05) is 40.1 Å². The highest BCUT2D eigenvalue weighted by Crippen LogP contribution is 2.03. The molecule has 0 radical (unpaired) electrons. The van der Waals surface area contributed by atoms with Crippen LogP contribution < -0.4 is 10.6 Å². The minimum absolute atomic E-state index is 0.0858. The van der Waals surface area contributed by atoms with Gasteiger partial charge in [0.25, 0.3) is 0 Å². The zero-order valence-electron chi connectivity index (χ0n) is 17.4. The van der Waals surface area contributed by atoms with Gasteiger partial charge in [-0.25, -0.2) is 24.0 Å². The van der Waals surface area contributed by atoms with Gasteiger partial charge in [0.15, 0.2) is 0 Å². The number of alkyl carbamates (subject to hydrolysis) is 2. The van der Waals surface area contributed by atoms with Crippen LogP contribution in [0.15, 0.2) is 25.3 Å². The Balaban J connectivity index is 4.04. The van der Waals surface area contributed by atoms with Crippen LogP contribution in [-0.4, -0.2) is 76.2 Å². The van der Waals surface area contributed by atoms with E-state index >= 15 is 0 Å². The molecule has 0 aromatic rings. The molecule has 2 amide bonds. The Morgan fingerprint density at radius 1 is 0.806 bits per heavy atom. The van der Waals surface area contributed by atoms with Crippen molar-refractivity contribution in [2.24, 2.45) is 0 Å². The third kappa shape index (κ3) is 15.0. The standard InChI is InChI=1S/C19H28N2O10/c1-4-15(22)28-10-12-30-18(25)20-9-7-6-8-14(17(24)27-3)21-19(26)31-13-11-29-16(23)5-2/h4-5,14H,1-2,6-13H2,3H3,(H,20,25)(H,21,26)/t14-/m0/s1. The predicted molar refractivity (Wildman–Crippen MR) is 106 cm³/mol. The molecule has 174 valence electrons. The lowest BCUT2D eigenvalue weighted by Gasteiger charge is -2.16. The lowest BCUT2D eigenvalue weighted by Crippen LogP contribution is -2.42. The Bertz CT molecular complexity index is 635. The van der Waals surface area contributed by atoms with Crippen LogP contribution in [0.4, 0.5) is 9.59 Å². The van der Waals surface area contributed by atoms with Gasteiger partial charge in [0, 0.05) is 18.7 Å². The van der Waals surface area contributed by atoms with E-state index in [0.717, 1.165) is 12.2 Å². The smallest absolute Gasteiger partial charge is 0.407 e. The lowest BCUT2D eigenvalue weighted by molar-refractivity contribution is -0.143.